The Bertz CT molecular complexity index is 568. The third-order valence-corrected chi connectivity index (χ3v) is 6.53. The van der Waals surface area contributed by atoms with E-state index in [0.29, 0.717) is 12.8 Å². The molecule has 0 aliphatic heterocycles. The molecule has 3 nitrogen and oxygen atoms in total. The van der Waals surface area contributed by atoms with Crippen LogP contribution in [0.4, 0.5) is 0 Å². The van der Waals surface area contributed by atoms with Gasteiger partial charge in [0.2, 0.25) is 0 Å². The minimum atomic E-state index is -3.51. The largest absolute Gasteiger partial charge is 0.268 e. The van der Waals surface area contributed by atoms with Crippen LogP contribution in [0.5, 0.6) is 0 Å². The van der Waals surface area contributed by atoms with E-state index in [0.717, 1.165) is 18.4 Å². The summed E-state index contributed by atoms with van der Waals surface area (Å²) in [6.45, 7) is 6.06. The highest BCUT2D eigenvalue weighted by atomic mass is 32.2. The van der Waals surface area contributed by atoms with Crippen molar-refractivity contribution < 1.29 is 12.6 Å². The minimum absolute atomic E-state index is 0.117. The van der Waals surface area contributed by atoms with Gasteiger partial charge in [0.15, 0.2) is 0 Å². The van der Waals surface area contributed by atoms with Crippen molar-refractivity contribution in [3.05, 3.63) is 35.9 Å². The molecule has 1 rings (SSSR count). The first-order chi connectivity index (χ1) is 12.4. The lowest BCUT2D eigenvalue weighted by molar-refractivity contribution is 0.0909. The SMILES string of the molecule is CCCCCCCCCCCCS(=O)(=O)OC(C)(CC)c1ccccc1. The summed E-state index contributed by atoms with van der Waals surface area (Å²) in [5.74, 6) is 0.117. The van der Waals surface area contributed by atoms with E-state index >= 15 is 0 Å². The average molecular weight is 383 g/mol. The molecule has 4 heteroatoms. The highest BCUT2D eigenvalue weighted by Crippen LogP contribution is 2.31. The molecule has 0 bridgehead atoms. The van der Waals surface area contributed by atoms with Crippen molar-refractivity contribution in [2.75, 3.05) is 5.75 Å². The predicted molar refractivity (Wildman–Crippen MR) is 111 cm³/mol. The summed E-state index contributed by atoms with van der Waals surface area (Å²) < 4.78 is 30.4. The van der Waals surface area contributed by atoms with Crippen molar-refractivity contribution in [1.82, 2.24) is 0 Å². The van der Waals surface area contributed by atoms with Gasteiger partial charge < -0.3 is 0 Å². The molecule has 0 saturated carbocycles. The molecule has 0 fully saturated rings. The molecular weight excluding hydrogens is 344 g/mol. The van der Waals surface area contributed by atoms with Crippen molar-refractivity contribution in [2.24, 2.45) is 0 Å². The summed E-state index contributed by atoms with van der Waals surface area (Å²) in [7, 11) is -3.51. The summed E-state index contributed by atoms with van der Waals surface area (Å²) in [5.41, 5.74) is 0.132. The highest BCUT2D eigenvalue weighted by molar-refractivity contribution is 7.86. The lowest BCUT2D eigenvalue weighted by Crippen LogP contribution is -2.29. The summed E-state index contributed by atoms with van der Waals surface area (Å²) in [6, 6.07) is 9.62. The Balaban J connectivity index is 2.27. The quantitative estimate of drug-likeness (QED) is 0.254. The van der Waals surface area contributed by atoms with Gasteiger partial charge in [0.05, 0.1) is 5.75 Å². The molecule has 0 saturated heterocycles. The molecule has 0 N–H and O–H groups in total. The van der Waals surface area contributed by atoms with E-state index in [2.05, 4.69) is 6.92 Å². The Hall–Kier alpha value is -0.870. The fourth-order valence-corrected chi connectivity index (χ4v) is 4.61. The van der Waals surface area contributed by atoms with E-state index in [-0.39, 0.29) is 5.75 Å². The predicted octanol–water partition coefficient (Wildman–Crippen LogP) is 6.58. The molecule has 0 amide bonds. The van der Waals surface area contributed by atoms with Gasteiger partial charge >= 0.3 is 0 Å². The van der Waals surface area contributed by atoms with Gasteiger partial charge in [-0.05, 0) is 25.3 Å². The van der Waals surface area contributed by atoms with Crippen molar-refractivity contribution in [3.63, 3.8) is 0 Å². The lowest BCUT2D eigenvalue weighted by Gasteiger charge is -2.28. The van der Waals surface area contributed by atoms with E-state index in [1.54, 1.807) is 0 Å². The van der Waals surface area contributed by atoms with Crippen molar-refractivity contribution >= 4 is 10.1 Å². The Morgan fingerprint density at radius 1 is 0.808 bits per heavy atom. The minimum Gasteiger partial charge on any atom is -0.259 e. The molecular formula is C22H38O3S. The van der Waals surface area contributed by atoms with Gasteiger partial charge in [0, 0.05) is 0 Å². The van der Waals surface area contributed by atoms with Gasteiger partial charge in [-0.15, -0.1) is 0 Å². The molecule has 1 unspecified atom stereocenters. The topological polar surface area (TPSA) is 43.4 Å². The second kappa shape index (κ2) is 12.5. The fourth-order valence-electron chi connectivity index (χ4n) is 3.19. The second-order valence-electron chi connectivity index (χ2n) is 7.48. The van der Waals surface area contributed by atoms with Crippen LogP contribution in [0.1, 0.15) is 97.0 Å². The van der Waals surface area contributed by atoms with Gasteiger partial charge in [0.1, 0.15) is 5.60 Å². The average Bonchev–Trinajstić information content (AvgIpc) is 2.63. The Kier molecular flexibility index (Phi) is 11.1. The molecule has 1 aromatic rings. The highest BCUT2D eigenvalue weighted by Gasteiger charge is 2.31. The molecule has 26 heavy (non-hydrogen) atoms. The van der Waals surface area contributed by atoms with Crippen molar-refractivity contribution in [3.8, 4) is 0 Å². The maximum Gasteiger partial charge on any atom is 0.268 e. The molecule has 0 heterocycles. The molecule has 0 radical (unpaired) electrons. The second-order valence-corrected chi connectivity index (χ2v) is 9.17. The first-order valence-corrected chi connectivity index (χ1v) is 12.0. The smallest absolute Gasteiger partial charge is 0.259 e. The van der Waals surface area contributed by atoms with Crippen LogP contribution in [-0.2, 0) is 19.9 Å². The summed E-state index contributed by atoms with van der Waals surface area (Å²) in [4.78, 5) is 0. The van der Waals surface area contributed by atoms with E-state index in [4.69, 9.17) is 4.18 Å². The Morgan fingerprint density at radius 2 is 1.31 bits per heavy atom. The first-order valence-electron chi connectivity index (χ1n) is 10.4. The van der Waals surface area contributed by atoms with Crippen LogP contribution in [0.3, 0.4) is 0 Å². The maximum absolute atomic E-state index is 12.4. The van der Waals surface area contributed by atoms with Crippen LogP contribution in [-0.4, -0.2) is 14.2 Å². The number of unbranched alkanes of at least 4 members (excludes halogenated alkanes) is 9. The molecule has 1 aromatic carbocycles. The number of hydrogen-bond donors (Lipinski definition) is 0. The third-order valence-electron chi connectivity index (χ3n) is 5.12. The summed E-state index contributed by atoms with van der Waals surface area (Å²) in [6.07, 6.45) is 12.5. The zero-order valence-electron chi connectivity index (χ0n) is 17.0. The fraction of sp³-hybridized carbons (Fsp3) is 0.727. The van der Waals surface area contributed by atoms with E-state index in [9.17, 15) is 8.42 Å². The van der Waals surface area contributed by atoms with Crippen molar-refractivity contribution in [1.29, 1.82) is 0 Å². The van der Waals surface area contributed by atoms with Crippen LogP contribution >= 0.6 is 0 Å². The number of rotatable bonds is 15. The van der Waals surface area contributed by atoms with Gasteiger partial charge in [0.25, 0.3) is 10.1 Å². The molecule has 0 aliphatic carbocycles. The van der Waals surface area contributed by atoms with Gasteiger partial charge in [-0.3, -0.25) is 4.18 Å². The Morgan fingerprint density at radius 3 is 1.81 bits per heavy atom. The van der Waals surface area contributed by atoms with Crippen LogP contribution in [0, 0.1) is 0 Å². The van der Waals surface area contributed by atoms with E-state index < -0.39 is 15.7 Å². The van der Waals surface area contributed by atoms with Crippen molar-refractivity contribution in [2.45, 2.75) is 97.0 Å². The lowest BCUT2D eigenvalue weighted by atomic mass is 9.94. The summed E-state index contributed by atoms with van der Waals surface area (Å²) >= 11 is 0. The van der Waals surface area contributed by atoms with Crippen LogP contribution in [0.15, 0.2) is 30.3 Å². The van der Waals surface area contributed by atoms with Crippen LogP contribution in [0.25, 0.3) is 0 Å². The summed E-state index contributed by atoms with van der Waals surface area (Å²) in [5, 5.41) is 0. The zero-order valence-corrected chi connectivity index (χ0v) is 17.8. The monoisotopic (exact) mass is 382 g/mol. The van der Waals surface area contributed by atoms with Gasteiger partial charge in [-0.2, -0.15) is 8.42 Å². The van der Waals surface area contributed by atoms with Gasteiger partial charge in [-0.25, -0.2) is 0 Å². The first kappa shape index (κ1) is 23.2. The molecule has 0 spiro atoms. The normalized spacial score (nSPS) is 14.3. The molecule has 150 valence electrons. The maximum atomic E-state index is 12.4. The van der Waals surface area contributed by atoms with E-state index in [1.165, 1.54) is 44.9 Å². The molecule has 0 aromatic heterocycles. The van der Waals surface area contributed by atoms with Gasteiger partial charge in [-0.1, -0.05) is 102 Å². The molecule has 1 atom stereocenters. The van der Waals surface area contributed by atoms with Crippen LogP contribution < -0.4 is 0 Å². The third kappa shape index (κ3) is 9.18. The molecule has 0 aliphatic rings. The standard InChI is InChI=1S/C22H38O3S/c1-4-6-7-8-9-10-11-12-13-17-20-26(23,24)25-22(3,5-2)21-18-15-14-16-19-21/h14-16,18-19H,4-13,17,20H2,1-3H3. The Labute approximate surface area is 161 Å². The number of hydrogen-bond acceptors (Lipinski definition) is 3. The van der Waals surface area contributed by atoms with Crippen LogP contribution in [0.2, 0.25) is 0 Å². The number of benzene rings is 1. The van der Waals surface area contributed by atoms with E-state index in [1.807, 2.05) is 44.2 Å². The zero-order chi connectivity index (χ0) is 19.3.